The van der Waals surface area contributed by atoms with Gasteiger partial charge in [0, 0.05) is 39.1 Å². The third-order valence-electron chi connectivity index (χ3n) is 4.22. The molecule has 0 bridgehead atoms. The average Bonchev–Trinajstić information content (AvgIpc) is 3.22. The van der Waals surface area contributed by atoms with Crippen molar-refractivity contribution in [1.29, 1.82) is 0 Å². The first-order valence-electron chi connectivity index (χ1n) is 7.25. The van der Waals surface area contributed by atoms with Crippen molar-refractivity contribution in [3.63, 3.8) is 0 Å². The minimum atomic E-state index is 0.0465. The van der Waals surface area contributed by atoms with E-state index in [9.17, 15) is 9.59 Å². The van der Waals surface area contributed by atoms with Gasteiger partial charge < -0.3 is 15.1 Å². The van der Waals surface area contributed by atoms with Crippen LogP contribution in [0.2, 0.25) is 0 Å². The Balaban J connectivity index is 1.75. The molecule has 5 heteroatoms. The molecule has 1 aliphatic heterocycles. The minimum Gasteiger partial charge on any atom is -0.353 e. The second-order valence-corrected chi connectivity index (χ2v) is 6.07. The molecule has 19 heavy (non-hydrogen) atoms. The van der Waals surface area contributed by atoms with E-state index in [-0.39, 0.29) is 17.9 Å². The van der Waals surface area contributed by atoms with Crippen LogP contribution in [0.1, 0.15) is 32.6 Å². The highest BCUT2D eigenvalue weighted by Crippen LogP contribution is 2.32. The van der Waals surface area contributed by atoms with E-state index in [1.165, 1.54) is 12.8 Å². The molecule has 108 valence electrons. The summed E-state index contributed by atoms with van der Waals surface area (Å²) in [5.41, 5.74) is 0. The lowest BCUT2D eigenvalue weighted by atomic mass is 9.95. The van der Waals surface area contributed by atoms with E-state index < -0.39 is 0 Å². The lowest BCUT2D eigenvalue weighted by Crippen LogP contribution is -2.47. The molecule has 1 N–H and O–H groups in total. The van der Waals surface area contributed by atoms with Gasteiger partial charge in [0.25, 0.3) is 0 Å². The highest BCUT2D eigenvalue weighted by atomic mass is 16.2. The van der Waals surface area contributed by atoms with Crippen molar-refractivity contribution in [2.24, 2.45) is 11.8 Å². The van der Waals surface area contributed by atoms with Gasteiger partial charge in [-0.15, -0.1) is 0 Å². The van der Waals surface area contributed by atoms with Crippen LogP contribution in [0.4, 0.5) is 4.79 Å². The fraction of sp³-hybridized carbons (Fsp3) is 0.857. The Morgan fingerprint density at radius 2 is 1.74 bits per heavy atom. The summed E-state index contributed by atoms with van der Waals surface area (Å²) in [6, 6.07) is 0.360. The first-order valence-corrected chi connectivity index (χ1v) is 7.25. The summed E-state index contributed by atoms with van der Waals surface area (Å²) in [7, 11) is 3.52. The van der Waals surface area contributed by atoms with Crippen molar-refractivity contribution in [3.8, 4) is 0 Å². The second kappa shape index (κ2) is 5.80. The largest absolute Gasteiger partial charge is 0.353 e. The maximum absolute atomic E-state index is 12.1. The van der Waals surface area contributed by atoms with Crippen LogP contribution in [-0.2, 0) is 4.79 Å². The SMILES string of the molecule is CC(NC(=O)C1CCN(C(=O)N(C)C)CC1)C1CC1. The van der Waals surface area contributed by atoms with Crippen molar-refractivity contribution in [2.45, 2.75) is 38.6 Å². The van der Waals surface area contributed by atoms with E-state index in [0.29, 0.717) is 25.0 Å². The standard InChI is InChI=1S/C14H25N3O2/c1-10(11-4-5-11)15-13(18)12-6-8-17(9-7-12)14(19)16(2)3/h10-12H,4-9H2,1-3H3,(H,15,18). The van der Waals surface area contributed by atoms with Gasteiger partial charge in [0.05, 0.1) is 0 Å². The molecular weight excluding hydrogens is 242 g/mol. The smallest absolute Gasteiger partial charge is 0.319 e. The fourth-order valence-electron chi connectivity index (χ4n) is 2.67. The predicted octanol–water partition coefficient (Wildman–Crippen LogP) is 1.29. The molecule has 2 rings (SSSR count). The highest BCUT2D eigenvalue weighted by molar-refractivity contribution is 5.80. The summed E-state index contributed by atoms with van der Waals surface area (Å²) in [5.74, 6) is 0.947. The number of hydrogen-bond donors (Lipinski definition) is 1. The molecule has 0 aromatic heterocycles. The van der Waals surface area contributed by atoms with Crippen LogP contribution < -0.4 is 5.32 Å². The van der Waals surface area contributed by atoms with Crippen LogP contribution in [0.15, 0.2) is 0 Å². The van der Waals surface area contributed by atoms with Gasteiger partial charge in [0.1, 0.15) is 0 Å². The summed E-state index contributed by atoms with van der Waals surface area (Å²) in [5, 5.41) is 3.13. The molecule has 0 radical (unpaired) electrons. The fourth-order valence-corrected chi connectivity index (χ4v) is 2.67. The number of amides is 3. The van der Waals surface area contributed by atoms with Crippen LogP contribution in [0.3, 0.4) is 0 Å². The Morgan fingerprint density at radius 1 is 1.16 bits per heavy atom. The zero-order valence-corrected chi connectivity index (χ0v) is 12.2. The van der Waals surface area contributed by atoms with Gasteiger partial charge in [0.2, 0.25) is 5.91 Å². The van der Waals surface area contributed by atoms with Crippen LogP contribution in [-0.4, -0.2) is 55.0 Å². The van der Waals surface area contributed by atoms with Gasteiger partial charge >= 0.3 is 6.03 Å². The Hall–Kier alpha value is -1.26. The summed E-state index contributed by atoms with van der Waals surface area (Å²) in [6.07, 6.45) is 4.06. The summed E-state index contributed by atoms with van der Waals surface area (Å²) in [6.45, 7) is 3.47. The van der Waals surface area contributed by atoms with E-state index in [1.807, 2.05) is 4.90 Å². The topological polar surface area (TPSA) is 52.7 Å². The molecule has 0 aromatic rings. The third kappa shape index (κ3) is 3.61. The van der Waals surface area contributed by atoms with Gasteiger partial charge in [-0.3, -0.25) is 4.79 Å². The van der Waals surface area contributed by atoms with Crippen LogP contribution in [0.5, 0.6) is 0 Å². The van der Waals surface area contributed by atoms with E-state index in [2.05, 4.69) is 12.2 Å². The quantitative estimate of drug-likeness (QED) is 0.838. The van der Waals surface area contributed by atoms with Crippen LogP contribution >= 0.6 is 0 Å². The third-order valence-corrected chi connectivity index (χ3v) is 4.22. The van der Waals surface area contributed by atoms with Crippen molar-refractivity contribution < 1.29 is 9.59 Å². The second-order valence-electron chi connectivity index (χ2n) is 6.07. The average molecular weight is 267 g/mol. The van der Waals surface area contributed by atoms with Crippen molar-refractivity contribution in [1.82, 2.24) is 15.1 Å². The number of nitrogens with one attached hydrogen (secondary N) is 1. The molecule has 1 saturated carbocycles. The van der Waals surface area contributed by atoms with Crippen LogP contribution in [0, 0.1) is 11.8 Å². The predicted molar refractivity (Wildman–Crippen MR) is 73.7 cm³/mol. The molecule has 3 amide bonds. The summed E-state index contributed by atoms with van der Waals surface area (Å²) >= 11 is 0. The van der Waals surface area contributed by atoms with Gasteiger partial charge in [-0.2, -0.15) is 0 Å². The number of piperidine rings is 1. The Kier molecular flexibility index (Phi) is 4.32. The molecule has 1 aliphatic carbocycles. The maximum Gasteiger partial charge on any atom is 0.319 e. The van der Waals surface area contributed by atoms with E-state index >= 15 is 0 Å². The van der Waals surface area contributed by atoms with Crippen molar-refractivity contribution >= 4 is 11.9 Å². The van der Waals surface area contributed by atoms with E-state index in [1.54, 1.807) is 19.0 Å². The molecule has 5 nitrogen and oxygen atoms in total. The molecule has 1 unspecified atom stereocenters. The van der Waals surface area contributed by atoms with Gasteiger partial charge in [-0.25, -0.2) is 4.79 Å². The maximum atomic E-state index is 12.1. The zero-order chi connectivity index (χ0) is 14.0. The van der Waals surface area contributed by atoms with Gasteiger partial charge in [0.15, 0.2) is 0 Å². The van der Waals surface area contributed by atoms with Crippen molar-refractivity contribution in [2.75, 3.05) is 27.2 Å². The number of nitrogens with zero attached hydrogens (tertiary/aromatic N) is 2. The molecular formula is C14H25N3O2. The number of hydrogen-bond acceptors (Lipinski definition) is 2. The van der Waals surface area contributed by atoms with Crippen molar-refractivity contribution in [3.05, 3.63) is 0 Å². The van der Waals surface area contributed by atoms with Gasteiger partial charge in [-0.05, 0) is 38.5 Å². The first kappa shape index (κ1) is 14.2. The summed E-state index contributed by atoms with van der Waals surface area (Å²) < 4.78 is 0. The van der Waals surface area contributed by atoms with E-state index in [4.69, 9.17) is 0 Å². The highest BCUT2D eigenvalue weighted by Gasteiger charge is 2.32. The molecule has 1 atom stereocenters. The minimum absolute atomic E-state index is 0.0465. The lowest BCUT2D eigenvalue weighted by molar-refractivity contribution is -0.127. The van der Waals surface area contributed by atoms with E-state index in [0.717, 1.165) is 12.8 Å². The lowest BCUT2D eigenvalue weighted by Gasteiger charge is -2.33. The zero-order valence-electron chi connectivity index (χ0n) is 12.2. The monoisotopic (exact) mass is 267 g/mol. The summed E-state index contributed by atoms with van der Waals surface area (Å²) in [4.78, 5) is 27.3. The molecule has 1 heterocycles. The first-order chi connectivity index (χ1) is 8.99. The number of likely N-dealkylation sites (tertiary alicyclic amines) is 1. The molecule has 1 saturated heterocycles. The Labute approximate surface area is 115 Å². The number of urea groups is 1. The van der Waals surface area contributed by atoms with Gasteiger partial charge in [-0.1, -0.05) is 0 Å². The normalized spacial score (nSPS) is 21.9. The number of carbonyl (C=O) groups excluding carboxylic acids is 2. The number of rotatable bonds is 3. The van der Waals surface area contributed by atoms with Crippen LogP contribution in [0.25, 0.3) is 0 Å². The molecule has 2 aliphatic rings. The number of carbonyl (C=O) groups is 2. The molecule has 0 spiro atoms. The molecule has 0 aromatic carbocycles. The Bertz CT molecular complexity index is 345. The molecule has 2 fully saturated rings. The Morgan fingerprint density at radius 3 is 2.21 bits per heavy atom.